The van der Waals surface area contributed by atoms with Gasteiger partial charge >= 0.3 is 0 Å². The van der Waals surface area contributed by atoms with Crippen LogP contribution in [0.25, 0.3) is 0 Å². The first-order valence-electron chi connectivity index (χ1n) is 3.92. The normalized spacial score (nSPS) is 14.8. The monoisotopic (exact) mass is 136 g/mol. The first-order valence-corrected chi connectivity index (χ1v) is 3.92. The van der Waals surface area contributed by atoms with Gasteiger partial charge in [-0.2, -0.15) is 0 Å². The van der Waals surface area contributed by atoms with E-state index >= 15 is 0 Å². The van der Waals surface area contributed by atoms with E-state index in [2.05, 4.69) is 24.8 Å². The zero-order valence-corrected chi connectivity index (χ0v) is 6.93. The molecule has 0 amide bonds. The Morgan fingerprint density at radius 2 is 2.10 bits per heavy atom. The van der Waals surface area contributed by atoms with Gasteiger partial charge in [-0.25, -0.2) is 0 Å². The van der Waals surface area contributed by atoms with Gasteiger partial charge in [-0.1, -0.05) is 44.7 Å². The Labute approximate surface area is 64.0 Å². The third kappa shape index (κ3) is 3.29. The molecule has 0 N–H and O–H groups in total. The lowest BCUT2D eigenvalue weighted by atomic mass is 10.1. The molecule has 0 radical (unpaired) electrons. The second-order valence-corrected chi connectivity index (χ2v) is 1.89. The van der Waals surface area contributed by atoms with Crippen LogP contribution < -0.4 is 0 Å². The maximum absolute atomic E-state index is 3.66. The fraction of sp³-hybridized carbons (Fsp3) is 0.400. The Morgan fingerprint density at radius 1 is 1.40 bits per heavy atom. The largest absolute Gasteiger partial charge is 0.0985 e. The van der Waals surface area contributed by atoms with Crippen molar-refractivity contribution in [2.45, 2.75) is 26.7 Å². The lowest BCUT2D eigenvalue weighted by Crippen LogP contribution is -1.77. The summed E-state index contributed by atoms with van der Waals surface area (Å²) < 4.78 is 0. The minimum absolute atomic E-state index is 1.18. The van der Waals surface area contributed by atoms with Gasteiger partial charge in [-0.15, -0.1) is 0 Å². The third-order valence-corrected chi connectivity index (χ3v) is 1.26. The molecule has 0 unspecified atom stereocenters. The molecule has 0 nitrogen and oxygen atoms in total. The van der Waals surface area contributed by atoms with Gasteiger partial charge < -0.3 is 0 Å². The van der Waals surface area contributed by atoms with Crippen molar-refractivity contribution in [2.75, 3.05) is 0 Å². The zero-order valence-electron chi connectivity index (χ0n) is 6.93. The van der Waals surface area contributed by atoms with E-state index < -0.39 is 0 Å². The molecule has 0 heteroatoms. The number of allylic oxidation sites excluding steroid dienone is 5. The van der Waals surface area contributed by atoms with Gasteiger partial charge in [0.15, 0.2) is 0 Å². The third-order valence-electron chi connectivity index (χ3n) is 1.26. The van der Waals surface area contributed by atoms with E-state index in [1.165, 1.54) is 18.4 Å². The Bertz CT molecular complexity index is 138. The molecule has 1 rings (SSSR count). The highest BCUT2D eigenvalue weighted by Gasteiger charge is 1.88. The average Bonchev–Trinajstić information content (AvgIpc) is 2.10. The van der Waals surface area contributed by atoms with Crippen LogP contribution in [-0.2, 0) is 0 Å². The molecule has 0 aromatic rings. The van der Waals surface area contributed by atoms with Crippen LogP contribution in [0.1, 0.15) is 26.7 Å². The molecule has 0 aromatic carbocycles. The van der Waals surface area contributed by atoms with E-state index in [4.69, 9.17) is 0 Å². The summed E-state index contributed by atoms with van der Waals surface area (Å²) in [6.45, 7) is 7.66. The molecule has 56 valence electrons. The van der Waals surface area contributed by atoms with E-state index in [0.717, 1.165) is 0 Å². The van der Waals surface area contributed by atoms with Crippen molar-refractivity contribution >= 4 is 0 Å². The van der Waals surface area contributed by atoms with Crippen molar-refractivity contribution in [2.24, 2.45) is 0 Å². The molecule has 0 aliphatic heterocycles. The Kier molecular flexibility index (Phi) is 5.85. The molecule has 1 aliphatic rings. The van der Waals surface area contributed by atoms with Gasteiger partial charge in [-0.3, -0.25) is 0 Å². The summed E-state index contributed by atoms with van der Waals surface area (Å²) in [5.41, 5.74) is 1.26. The highest BCUT2D eigenvalue weighted by molar-refractivity contribution is 5.31. The Morgan fingerprint density at radius 3 is 2.40 bits per heavy atom. The summed E-state index contributed by atoms with van der Waals surface area (Å²) in [5.74, 6) is 0. The van der Waals surface area contributed by atoms with Crippen molar-refractivity contribution in [3.8, 4) is 0 Å². The van der Waals surface area contributed by atoms with Crippen LogP contribution in [0.5, 0.6) is 0 Å². The van der Waals surface area contributed by atoms with Crippen LogP contribution in [-0.4, -0.2) is 0 Å². The van der Waals surface area contributed by atoms with Crippen LogP contribution in [0, 0.1) is 0 Å². The van der Waals surface area contributed by atoms with Gasteiger partial charge in [0, 0.05) is 0 Å². The second-order valence-electron chi connectivity index (χ2n) is 1.89. The maximum atomic E-state index is 3.66. The Balaban J connectivity index is 0.000000371. The van der Waals surface area contributed by atoms with Crippen molar-refractivity contribution < 1.29 is 0 Å². The van der Waals surface area contributed by atoms with Crippen molar-refractivity contribution in [3.05, 3.63) is 36.5 Å². The van der Waals surface area contributed by atoms with E-state index in [1.807, 2.05) is 19.9 Å². The topological polar surface area (TPSA) is 0 Å². The lowest BCUT2D eigenvalue weighted by Gasteiger charge is -1.98. The molecule has 0 aromatic heterocycles. The molecule has 0 fully saturated rings. The maximum Gasteiger partial charge on any atom is -0.0306 e. The fourth-order valence-electron chi connectivity index (χ4n) is 0.785. The summed E-state index contributed by atoms with van der Waals surface area (Å²) >= 11 is 0. The quantitative estimate of drug-likeness (QED) is 0.517. The van der Waals surface area contributed by atoms with Crippen LogP contribution in [0.4, 0.5) is 0 Å². The van der Waals surface area contributed by atoms with Crippen molar-refractivity contribution in [3.63, 3.8) is 0 Å². The average molecular weight is 136 g/mol. The minimum Gasteiger partial charge on any atom is -0.0985 e. The molecule has 10 heavy (non-hydrogen) atoms. The van der Waals surface area contributed by atoms with E-state index in [1.54, 1.807) is 0 Å². The van der Waals surface area contributed by atoms with E-state index in [0.29, 0.717) is 0 Å². The van der Waals surface area contributed by atoms with Gasteiger partial charge in [0.25, 0.3) is 0 Å². The molecular weight excluding hydrogens is 120 g/mol. The first-order chi connectivity index (χ1) is 4.93. The molecule has 0 heterocycles. The van der Waals surface area contributed by atoms with Gasteiger partial charge in [-0.05, 0) is 18.4 Å². The summed E-state index contributed by atoms with van der Waals surface area (Å²) in [7, 11) is 0. The number of hydrogen-bond acceptors (Lipinski definition) is 0. The molecule has 0 atom stereocenters. The Hall–Kier alpha value is -0.780. The predicted molar refractivity (Wildman–Crippen MR) is 48.0 cm³/mol. The molecule has 1 aliphatic carbocycles. The van der Waals surface area contributed by atoms with E-state index in [-0.39, 0.29) is 0 Å². The standard InChI is InChI=1S/C8H10.C2H6/c1-2-8-6-4-3-5-7-8;1-2/h2,4,6-7H,1,3,5H2;1-2H3. The van der Waals surface area contributed by atoms with Crippen LogP contribution in [0.2, 0.25) is 0 Å². The van der Waals surface area contributed by atoms with Gasteiger partial charge in [0.05, 0.1) is 0 Å². The first kappa shape index (κ1) is 9.22. The molecule has 0 saturated carbocycles. The smallest absolute Gasteiger partial charge is 0.0306 e. The summed E-state index contributed by atoms with van der Waals surface area (Å²) in [6, 6.07) is 0. The number of rotatable bonds is 1. The summed E-state index contributed by atoms with van der Waals surface area (Å²) in [4.78, 5) is 0. The molecular formula is C10H16. The van der Waals surface area contributed by atoms with Gasteiger partial charge in [0.2, 0.25) is 0 Å². The summed E-state index contributed by atoms with van der Waals surface area (Å²) in [5, 5.41) is 0. The van der Waals surface area contributed by atoms with Crippen molar-refractivity contribution in [1.29, 1.82) is 0 Å². The highest BCUT2D eigenvalue weighted by Crippen LogP contribution is 2.08. The summed E-state index contributed by atoms with van der Waals surface area (Å²) in [6.07, 6.45) is 10.7. The van der Waals surface area contributed by atoms with Crippen LogP contribution >= 0.6 is 0 Å². The minimum atomic E-state index is 1.18. The van der Waals surface area contributed by atoms with Crippen LogP contribution in [0.15, 0.2) is 36.5 Å². The van der Waals surface area contributed by atoms with Crippen molar-refractivity contribution in [1.82, 2.24) is 0 Å². The van der Waals surface area contributed by atoms with E-state index in [9.17, 15) is 0 Å². The predicted octanol–water partition coefficient (Wildman–Crippen LogP) is 3.48. The molecule has 0 saturated heterocycles. The molecule has 0 bridgehead atoms. The SMILES string of the molecule is C=CC1=CCCC=C1.CC. The number of hydrogen-bond donors (Lipinski definition) is 0. The fourth-order valence-corrected chi connectivity index (χ4v) is 0.785. The lowest BCUT2D eigenvalue weighted by molar-refractivity contribution is 1.03. The highest BCUT2D eigenvalue weighted by atomic mass is 13.9. The van der Waals surface area contributed by atoms with Crippen LogP contribution in [0.3, 0.4) is 0 Å². The molecule has 0 spiro atoms. The zero-order chi connectivity index (χ0) is 7.82. The second kappa shape index (κ2) is 6.34. The van der Waals surface area contributed by atoms with Gasteiger partial charge in [0.1, 0.15) is 0 Å².